The van der Waals surface area contributed by atoms with Gasteiger partial charge in [0.25, 0.3) is 0 Å². The molecule has 120 valence electrons. The van der Waals surface area contributed by atoms with Crippen molar-refractivity contribution in [2.24, 2.45) is 34.5 Å². The van der Waals surface area contributed by atoms with E-state index >= 15 is 0 Å². The lowest BCUT2D eigenvalue weighted by Crippen LogP contribution is -2.55. The van der Waals surface area contributed by atoms with Gasteiger partial charge in [-0.1, -0.05) is 20.3 Å². The van der Waals surface area contributed by atoms with Gasteiger partial charge in [-0.25, -0.2) is 0 Å². The molecule has 0 amide bonds. The molecular weight excluding hydrogens is 260 g/mol. The Labute approximate surface area is 129 Å². The van der Waals surface area contributed by atoms with Gasteiger partial charge in [-0.3, -0.25) is 0 Å². The highest BCUT2D eigenvalue weighted by molar-refractivity contribution is 5.09. The zero-order valence-corrected chi connectivity index (χ0v) is 13.7. The van der Waals surface area contributed by atoms with E-state index in [1.54, 1.807) is 0 Å². The summed E-state index contributed by atoms with van der Waals surface area (Å²) in [5, 5.41) is 21.0. The molecule has 0 radical (unpaired) electrons. The maximum absolute atomic E-state index is 10.5. The molecule has 0 bridgehead atoms. The van der Waals surface area contributed by atoms with Crippen LogP contribution in [0.4, 0.5) is 0 Å². The van der Waals surface area contributed by atoms with Crippen LogP contribution in [-0.2, 0) is 0 Å². The van der Waals surface area contributed by atoms with Crippen LogP contribution in [0.1, 0.15) is 71.6 Å². The normalized spacial score (nSPS) is 60.0. The molecule has 4 fully saturated rings. The third-order valence-corrected chi connectivity index (χ3v) is 8.57. The second-order valence-electron chi connectivity index (χ2n) is 9.16. The first-order valence-electron chi connectivity index (χ1n) is 9.33. The molecule has 0 spiro atoms. The van der Waals surface area contributed by atoms with E-state index in [1.807, 2.05) is 0 Å². The number of hydrogen-bond acceptors (Lipinski definition) is 2. The van der Waals surface area contributed by atoms with E-state index in [0.29, 0.717) is 11.3 Å². The Morgan fingerprint density at radius 2 is 1.43 bits per heavy atom. The minimum absolute atomic E-state index is 0.0489. The summed E-state index contributed by atoms with van der Waals surface area (Å²) in [6.45, 7) is 4.85. The molecule has 4 aliphatic rings. The van der Waals surface area contributed by atoms with Crippen LogP contribution in [-0.4, -0.2) is 22.4 Å². The van der Waals surface area contributed by atoms with Crippen LogP contribution in [0.5, 0.6) is 0 Å². The Balaban J connectivity index is 1.65. The summed E-state index contributed by atoms with van der Waals surface area (Å²) in [4.78, 5) is 0. The van der Waals surface area contributed by atoms with E-state index in [2.05, 4.69) is 13.8 Å². The molecule has 4 saturated carbocycles. The SMILES string of the molecule is C[C@@]12CCC[C@H](O)[C@H]1CC[C@@H]1[C@H]2CC[C@]2(C)[C@@H](O)CC[C@@H]12. The standard InChI is InChI=1S/C19H32O2/c1-18-10-3-4-16(20)15(18)6-5-12-13-7-8-17(21)19(13,2)11-9-14(12)18/h12-17,20-21H,3-11H2,1-2H3/t12-,13-,14+,15+,16-,17-,18-,19-/m0/s1. The minimum Gasteiger partial charge on any atom is -0.393 e. The quantitative estimate of drug-likeness (QED) is 0.714. The van der Waals surface area contributed by atoms with Crippen LogP contribution in [0.3, 0.4) is 0 Å². The summed E-state index contributed by atoms with van der Waals surface area (Å²) in [7, 11) is 0. The van der Waals surface area contributed by atoms with Gasteiger partial charge in [0.2, 0.25) is 0 Å². The average Bonchev–Trinajstić information content (AvgIpc) is 2.75. The maximum Gasteiger partial charge on any atom is 0.0596 e. The van der Waals surface area contributed by atoms with Gasteiger partial charge in [-0.2, -0.15) is 0 Å². The second kappa shape index (κ2) is 4.71. The molecule has 0 heterocycles. The lowest BCUT2D eigenvalue weighted by Gasteiger charge is -2.61. The Morgan fingerprint density at radius 3 is 2.24 bits per heavy atom. The first-order valence-corrected chi connectivity index (χ1v) is 9.33. The fourth-order valence-corrected chi connectivity index (χ4v) is 7.35. The number of fused-ring (bicyclic) bond motifs is 5. The van der Waals surface area contributed by atoms with Gasteiger partial charge < -0.3 is 10.2 Å². The van der Waals surface area contributed by atoms with Crippen molar-refractivity contribution in [1.82, 2.24) is 0 Å². The Kier molecular flexibility index (Phi) is 3.25. The fraction of sp³-hybridized carbons (Fsp3) is 1.00. The van der Waals surface area contributed by atoms with Crippen molar-refractivity contribution in [2.75, 3.05) is 0 Å². The van der Waals surface area contributed by atoms with Crippen LogP contribution in [0.25, 0.3) is 0 Å². The van der Waals surface area contributed by atoms with E-state index in [0.717, 1.165) is 30.6 Å². The van der Waals surface area contributed by atoms with E-state index in [1.165, 1.54) is 44.9 Å². The van der Waals surface area contributed by atoms with Crippen molar-refractivity contribution in [3.05, 3.63) is 0 Å². The van der Waals surface area contributed by atoms with Crippen molar-refractivity contribution in [3.63, 3.8) is 0 Å². The Bertz CT molecular complexity index is 422. The molecule has 4 aliphatic carbocycles. The highest BCUT2D eigenvalue weighted by Gasteiger charge is 2.60. The zero-order chi connectivity index (χ0) is 14.8. The van der Waals surface area contributed by atoms with Crippen molar-refractivity contribution in [2.45, 2.75) is 83.8 Å². The largest absolute Gasteiger partial charge is 0.393 e. The fourth-order valence-electron chi connectivity index (χ4n) is 7.35. The van der Waals surface area contributed by atoms with Crippen molar-refractivity contribution in [3.8, 4) is 0 Å². The third kappa shape index (κ3) is 1.84. The molecule has 0 aromatic carbocycles. The molecule has 4 rings (SSSR count). The van der Waals surface area contributed by atoms with E-state index < -0.39 is 0 Å². The van der Waals surface area contributed by atoms with Crippen LogP contribution in [0.15, 0.2) is 0 Å². The first-order chi connectivity index (χ1) is 9.97. The molecule has 2 nitrogen and oxygen atoms in total. The molecule has 2 N–H and O–H groups in total. The lowest BCUT2D eigenvalue weighted by molar-refractivity contribution is -0.149. The predicted molar refractivity (Wildman–Crippen MR) is 83.7 cm³/mol. The van der Waals surface area contributed by atoms with Crippen LogP contribution in [0.2, 0.25) is 0 Å². The number of hydrogen-bond donors (Lipinski definition) is 2. The lowest BCUT2D eigenvalue weighted by atomic mass is 9.45. The summed E-state index contributed by atoms with van der Waals surface area (Å²) in [5.41, 5.74) is 0.563. The monoisotopic (exact) mass is 292 g/mol. The predicted octanol–water partition coefficient (Wildman–Crippen LogP) is 3.75. The first kappa shape index (κ1) is 14.5. The maximum atomic E-state index is 10.5. The second-order valence-corrected chi connectivity index (χ2v) is 9.16. The van der Waals surface area contributed by atoms with Gasteiger partial charge in [-0.15, -0.1) is 0 Å². The zero-order valence-electron chi connectivity index (χ0n) is 13.7. The molecule has 0 aliphatic heterocycles. The van der Waals surface area contributed by atoms with Crippen LogP contribution < -0.4 is 0 Å². The third-order valence-electron chi connectivity index (χ3n) is 8.57. The minimum atomic E-state index is -0.0640. The van der Waals surface area contributed by atoms with Gasteiger partial charge in [0.05, 0.1) is 12.2 Å². The number of aliphatic hydroxyl groups is 2. The molecule has 8 atom stereocenters. The average molecular weight is 292 g/mol. The summed E-state index contributed by atoms with van der Waals surface area (Å²) in [6.07, 6.45) is 10.7. The summed E-state index contributed by atoms with van der Waals surface area (Å²) < 4.78 is 0. The van der Waals surface area contributed by atoms with Crippen molar-refractivity contribution >= 4 is 0 Å². The van der Waals surface area contributed by atoms with Gasteiger partial charge in [-0.05, 0) is 85.9 Å². The molecule has 21 heavy (non-hydrogen) atoms. The van der Waals surface area contributed by atoms with E-state index in [4.69, 9.17) is 0 Å². The van der Waals surface area contributed by atoms with E-state index in [-0.39, 0.29) is 17.6 Å². The topological polar surface area (TPSA) is 40.5 Å². The highest BCUT2D eigenvalue weighted by Crippen LogP contribution is 2.66. The van der Waals surface area contributed by atoms with Gasteiger partial charge >= 0.3 is 0 Å². The van der Waals surface area contributed by atoms with Gasteiger partial charge in [0.15, 0.2) is 0 Å². The Morgan fingerprint density at radius 1 is 0.714 bits per heavy atom. The van der Waals surface area contributed by atoms with Gasteiger partial charge in [0, 0.05) is 0 Å². The molecule has 0 aromatic rings. The molecule has 2 heteroatoms. The van der Waals surface area contributed by atoms with Gasteiger partial charge in [0.1, 0.15) is 0 Å². The highest BCUT2D eigenvalue weighted by atomic mass is 16.3. The molecule has 0 unspecified atom stereocenters. The number of rotatable bonds is 0. The summed E-state index contributed by atoms with van der Waals surface area (Å²) in [6, 6.07) is 0. The smallest absolute Gasteiger partial charge is 0.0596 e. The molecule has 0 aromatic heterocycles. The van der Waals surface area contributed by atoms with Crippen LogP contribution in [0, 0.1) is 34.5 Å². The van der Waals surface area contributed by atoms with Crippen LogP contribution >= 0.6 is 0 Å². The van der Waals surface area contributed by atoms with Crippen molar-refractivity contribution < 1.29 is 10.2 Å². The molecular formula is C19H32O2. The Hall–Kier alpha value is -0.0800. The van der Waals surface area contributed by atoms with Crippen molar-refractivity contribution in [1.29, 1.82) is 0 Å². The summed E-state index contributed by atoms with van der Waals surface area (Å²) in [5.74, 6) is 2.90. The molecule has 0 saturated heterocycles. The van der Waals surface area contributed by atoms with E-state index in [9.17, 15) is 10.2 Å². The summed E-state index contributed by atoms with van der Waals surface area (Å²) >= 11 is 0. The number of aliphatic hydroxyl groups excluding tert-OH is 2.